The molecule has 0 spiro atoms. The van der Waals surface area contributed by atoms with Gasteiger partial charge >= 0.3 is 0 Å². The predicted molar refractivity (Wildman–Crippen MR) is 94.0 cm³/mol. The van der Waals surface area contributed by atoms with E-state index < -0.39 is 0 Å². The Morgan fingerprint density at radius 1 is 1.14 bits per heavy atom. The molecule has 1 aromatic carbocycles. The number of hydrogen-bond acceptors (Lipinski definition) is 2. The van der Waals surface area contributed by atoms with Gasteiger partial charge in [-0.2, -0.15) is 11.8 Å². The normalized spacial score (nSPS) is 23.0. The number of benzene rings is 1. The molecule has 2 aliphatic carbocycles. The molecule has 1 aromatic rings. The highest BCUT2D eigenvalue weighted by Crippen LogP contribution is 2.43. The molecule has 3 rings (SSSR count). The van der Waals surface area contributed by atoms with Gasteiger partial charge in [0.15, 0.2) is 0 Å². The third-order valence-electron chi connectivity index (χ3n) is 5.37. The second-order valence-corrected chi connectivity index (χ2v) is 8.33. The molecule has 21 heavy (non-hydrogen) atoms. The molecule has 2 aliphatic rings. The highest BCUT2D eigenvalue weighted by Gasteiger charge is 2.36. The molecule has 116 valence electrons. The van der Waals surface area contributed by atoms with Crippen LogP contribution in [0.15, 0.2) is 24.3 Å². The van der Waals surface area contributed by atoms with Gasteiger partial charge in [0.05, 0.1) is 0 Å². The zero-order valence-electron chi connectivity index (χ0n) is 13.5. The first kappa shape index (κ1) is 15.4. The van der Waals surface area contributed by atoms with Crippen molar-refractivity contribution in [1.82, 2.24) is 5.32 Å². The van der Waals surface area contributed by atoms with Crippen LogP contribution in [0.1, 0.15) is 62.1 Å². The summed E-state index contributed by atoms with van der Waals surface area (Å²) in [6, 6.07) is 9.77. The van der Waals surface area contributed by atoms with Crippen LogP contribution in [-0.4, -0.2) is 17.5 Å². The third-order valence-corrected chi connectivity index (χ3v) is 6.79. The van der Waals surface area contributed by atoms with Crippen molar-refractivity contribution in [2.45, 2.75) is 62.7 Å². The van der Waals surface area contributed by atoms with Crippen LogP contribution in [0.25, 0.3) is 0 Å². The summed E-state index contributed by atoms with van der Waals surface area (Å²) in [6.45, 7) is 3.36. The van der Waals surface area contributed by atoms with Crippen molar-refractivity contribution in [3.8, 4) is 0 Å². The molecule has 0 saturated heterocycles. The number of nitrogens with one attached hydrogen (secondary N) is 1. The zero-order chi connectivity index (χ0) is 14.7. The largest absolute Gasteiger partial charge is 0.308 e. The van der Waals surface area contributed by atoms with Crippen LogP contribution >= 0.6 is 11.8 Å². The van der Waals surface area contributed by atoms with Crippen molar-refractivity contribution in [3.63, 3.8) is 0 Å². The fourth-order valence-corrected chi connectivity index (χ4v) is 4.63. The lowest BCUT2D eigenvalue weighted by atomic mass is 9.87. The smallest absolute Gasteiger partial charge is 0.0349 e. The Bertz CT molecular complexity index is 443. The topological polar surface area (TPSA) is 12.0 Å². The Morgan fingerprint density at radius 2 is 1.81 bits per heavy atom. The molecule has 1 nitrogen and oxygen atoms in total. The second-order valence-electron chi connectivity index (χ2n) is 7.05. The standard InChI is InChI=1S/C19H29NS/c1-15-6-8-16(9-7-15)18(17-10-11-17)20-14-19(21-2)12-4-3-5-13-19/h6-9,17-18,20H,3-5,10-14H2,1-2H3. The maximum atomic E-state index is 3.96. The first-order valence-electron chi connectivity index (χ1n) is 8.58. The van der Waals surface area contributed by atoms with E-state index in [1.165, 1.54) is 62.6 Å². The van der Waals surface area contributed by atoms with Gasteiger partial charge in [0.1, 0.15) is 0 Å². The molecule has 0 aliphatic heterocycles. The Hall–Kier alpha value is -0.470. The van der Waals surface area contributed by atoms with Crippen molar-refractivity contribution < 1.29 is 0 Å². The summed E-state index contributed by atoms with van der Waals surface area (Å²) >= 11 is 2.10. The minimum atomic E-state index is 0.496. The molecule has 0 amide bonds. The Labute approximate surface area is 134 Å². The quantitative estimate of drug-likeness (QED) is 0.784. The van der Waals surface area contributed by atoms with Gasteiger partial charge in [0.2, 0.25) is 0 Å². The van der Waals surface area contributed by atoms with E-state index in [0.29, 0.717) is 10.8 Å². The molecule has 1 N–H and O–H groups in total. The van der Waals surface area contributed by atoms with Crippen molar-refractivity contribution in [1.29, 1.82) is 0 Å². The average molecular weight is 304 g/mol. The van der Waals surface area contributed by atoms with Crippen LogP contribution in [0.3, 0.4) is 0 Å². The van der Waals surface area contributed by atoms with Gasteiger partial charge in [-0.1, -0.05) is 49.1 Å². The van der Waals surface area contributed by atoms with E-state index in [1.807, 2.05) is 0 Å². The molecule has 0 radical (unpaired) electrons. The van der Waals surface area contributed by atoms with Crippen LogP contribution < -0.4 is 5.32 Å². The lowest BCUT2D eigenvalue weighted by Gasteiger charge is -2.37. The predicted octanol–water partition coefficient (Wildman–Crippen LogP) is 5.10. The highest BCUT2D eigenvalue weighted by molar-refractivity contribution is 8.00. The number of hydrogen-bond donors (Lipinski definition) is 1. The summed E-state index contributed by atoms with van der Waals surface area (Å²) in [5.41, 5.74) is 2.86. The van der Waals surface area contributed by atoms with Crippen LogP contribution in [0.2, 0.25) is 0 Å². The minimum absolute atomic E-state index is 0.496. The summed E-state index contributed by atoms with van der Waals surface area (Å²) in [5, 5.41) is 3.96. The molecule has 0 heterocycles. The van der Waals surface area contributed by atoms with E-state index in [9.17, 15) is 0 Å². The summed E-state index contributed by atoms with van der Waals surface area (Å²) in [7, 11) is 0. The van der Waals surface area contributed by atoms with Crippen molar-refractivity contribution >= 4 is 11.8 Å². The molecule has 2 saturated carbocycles. The van der Waals surface area contributed by atoms with Crippen molar-refractivity contribution in [2.24, 2.45) is 5.92 Å². The van der Waals surface area contributed by atoms with Gasteiger partial charge in [-0.05, 0) is 50.3 Å². The van der Waals surface area contributed by atoms with Gasteiger partial charge < -0.3 is 5.32 Å². The maximum absolute atomic E-state index is 3.96. The van der Waals surface area contributed by atoms with Crippen LogP contribution in [0, 0.1) is 12.8 Å². The molecule has 2 fully saturated rings. The van der Waals surface area contributed by atoms with Gasteiger partial charge in [0, 0.05) is 17.3 Å². The second kappa shape index (κ2) is 6.75. The lowest BCUT2D eigenvalue weighted by molar-refractivity contribution is 0.353. The maximum Gasteiger partial charge on any atom is 0.0349 e. The monoisotopic (exact) mass is 303 g/mol. The highest BCUT2D eigenvalue weighted by atomic mass is 32.2. The van der Waals surface area contributed by atoms with Gasteiger partial charge in [-0.15, -0.1) is 0 Å². The summed E-state index contributed by atoms with van der Waals surface area (Å²) < 4.78 is 0.496. The summed E-state index contributed by atoms with van der Waals surface area (Å²) in [6.07, 6.45) is 12.2. The fourth-order valence-electron chi connectivity index (χ4n) is 3.71. The van der Waals surface area contributed by atoms with Crippen molar-refractivity contribution in [2.75, 3.05) is 12.8 Å². The van der Waals surface area contributed by atoms with Gasteiger partial charge in [0.25, 0.3) is 0 Å². The fraction of sp³-hybridized carbons (Fsp3) is 0.684. The molecule has 1 unspecified atom stereocenters. The SMILES string of the molecule is CSC1(CNC(c2ccc(C)cc2)C2CC2)CCCCC1. The van der Waals surface area contributed by atoms with E-state index in [4.69, 9.17) is 0 Å². The van der Waals surface area contributed by atoms with E-state index in [-0.39, 0.29) is 0 Å². The molecule has 1 atom stereocenters. The first-order valence-corrected chi connectivity index (χ1v) is 9.80. The number of aryl methyl sites for hydroxylation is 1. The summed E-state index contributed by atoms with van der Waals surface area (Å²) in [5.74, 6) is 0.871. The Kier molecular flexibility index (Phi) is 4.96. The summed E-state index contributed by atoms with van der Waals surface area (Å²) in [4.78, 5) is 0. The molecular formula is C19H29NS. The van der Waals surface area contributed by atoms with Crippen LogP contribution in [0.4, 0.5) is 0 Å². The molecular weight excluding hydrogens is 274 g/mol. The van der Waals surface area contributed by atoms with Crippen molar-refractivity contribution in [3.05, 3.63) is 35.4 Å². The first-order chi connectivity index (χ1) is 10.2. The van der Waals surface area contributed by atoms with E-state index in [1.54, 1.807) is 0 Å². The minimum Gasteiger partial charge on any atom is -0.308 e. The number of thioether (sulfide) groups is 1. The zero-order valence-corrected chi connectivity index (χ0v) is 14.3. The van der Waals surface area contributed by atoms with Crippen LogP contribution in [0.5, 0.6) is 0 Å². The lowest BCUT2D eigenvalue weighted by Crippen LogP contribution is -2.41. The molecule has 2 heteroatoms. The van der Waals surface area contributed by atoms with E-state index in [0.717, 1.165) is 5.92 Å². The Balaban J connectivity index is 1.66. The van der Waals surface area contributed by atoms with Crippen LogP contribution in [-0.2, 0) is 0 Å². The molecule has 0 bridgehead atoms. The van der Waals surface area contributed by atoms with E-state index in [2.05, 4.69) is 54.5 Å². The van der Waals surface area contributed by atoms with E-state index >= 15 is 0 Å². The average Bonchev–Trinajstić information content (AvgIpc) is 3.35. The molecule has 0 aromatic heterocycles. The number of rotatable bonds is 6. The van der Waals surface area contributed by atoms with Gasteiger partial charge in [-0.25, -0.2) is 0 Å². The Morgan fingerprint density at radius 3 is 2.38 bits per heavy atom. The van der Waals surface area contributed by atoms with Gasteiger partial charge in [-0.3, -0.25) is 0 Å². The third kappa shape index (κ3) is 3.84.